The minimum Gasteiger partial charge on any atom is -0.497 e. The van der Waals surface area contributed by atoms with Crippen LogP contribution in [0.4, 0.5) is 5.69 Å². The number of carbonyl (C=O) groups is 1. The average molecular weight is 469 g/mol. The number of rotatable bonds is 8. The number of methoxy groups -OCH3 is 1. The quantitative estimate of drug-likeness (QED) is 0.354. The van der Waals surface area contributed by atoms with Crippen LogP contribution in [0.25, 0.3) is 11.4 Å². The smallest absolute Gasteiger partial charge is 0.234 e. The van der Waals surface area contributed by atoms with Gasteiger partial charge >= 0.3 is 0 Å². The molecule has 2 heterocycles. The largest absolute Gasteiger partial charge is 0.497 e. The number of furan rings is 1. The first-order valence-corrected chi connectivity index (χ1v) is 11.2. The third kappa shape index (κ3) is 4.98. The van der Waals surface area contributed by atoms with Gasteiger partial charge < -0.3 is 14.5 Å². The number of amides is 1. The van der Waals surface area contributed by atoms with Gasteiger partial charge in [0.15, 0.2) is 11.0 Å². The fourth-order valence-corrected chi connectivity index (χ4v) is 4.02. The fourth-order valence-electron chi connectivity index (χ4n) is 3.11. The molecule has 0 bridgehead atoms. The van der Waals surface area contributed by atoms with Gasteiger partial charge in [-0.1, -0.05) is 29.4 Å². The Hall–Kier alpha value is -3.23. The van der Waals surface area contributed by atoms with Crippen molar-refractivity contribution in [1.29, 1.82) is 0 Å². The van der Waals surface area contributed by atoms with Crippen molar-refractivity contribution in [3.8, 4) is 17.1 Å². The summed E-state index contributed by atoms with van der Waals surface area (Å²) in [5.74, 6) is 2.22. The zero-order chi connectivity index (χ0) is 22.5. The van der Waals surface area contributed by atoms with Crippen LogP contribution in [0.5, 0.6) is 5.75 Å². The first-order chi connectivity index (χ1) is 15.5. The van der Waals surface area contributed by atoms with Gasteiger partial charge in [-0.3, -0.25) is 9.36 Å². The number of aromatic nitrogens is 3. The molecule has 0 atom stereocenters. The van der Waals surface area contributed by atoms with Crippen LogP contribution in [0.1, 0.15) is 11.3 Å². The molecule has 0 aliphatic rings. The van der Waals surface area contributed by atoms with E-state index >= 15 is 0 Å². The number of hydrogen-bond acceptors (Lipinski definition) is 6. The van der Waals surface area contributed by atoms with Crippen molar-refractivity contribution in [2.75, 3.05) is 18.2 Å². The normalized spacial score (nSPS) is 10.8. The number of ether oxygens (including phenoxy) is 1. The Labute approximate surface area is 194 Å². The molecule has 9 heteroatoms. The van der Waals surface area contributed by atoms with Crippen LogP contribution in [0.15, 0.2) is 70.4 Å². The van der Waals surface area contributed by atoms with E-state index in [-0.39, 0.29) is 11.7 Å². The third-order valence-electron chi connectivity index (χ3n) is 4.83. The Morgan fingerprint density at radius 2 is 1.97 bits per heavy atom. The average Bonchev–Trinajstić information content (AvgIpc) is 3.46. The molecule has 0 saturated heterocycles. The van der Waals surface area contributed by atoms with Crippen molar-refractivity contribution in [1.82, 2.24) is 14.8 Å². The molecule has 32 heavy (non-hydrogen) atoms. The van der Waals surface area contributed by atoms with Crippen LogP contribution in [0.2, 0.25) is 5.02 Å². The van der Waals surface area contributed by atoms with Gasteiger partial charge in [-0.05, 0) is 61.0 Å². The second-order valence-corrected chi connectivity index (χ2v) is 8.30. The summed E-state index contributed by atoms with van der Waals surface area (Å²) >= 11 is 7.45. The summed E-state index contributed by atoms with van der Waals surface area (Å²) in [7, 11) is 1.62. The maximum Gasteiger partial charge on any atom is 0.234 e. The van der Waals surface area contributed by atoms with Crippen LogP contribution in [0, 0.1) is 6.92 Å². The molecule has 7 nitrogen and oxygen atoms in total. The molecule has 4 rings (SSSR count). The van der Waals surface area contributed by atoms with Crippen LogP contribution in [-0.4, -0.2) is 33.5 Å². The molecule has 0 radical (unpaired) electrons. The van der Waals surface area contributed by atoms with Crippen LogP contribution >= 0.6 is 23.4 Å². The Kier molecular flexibility index (Phi) is 6.82. The number of halogens is 1. The first kappa shape index (κ1) is 22.0. The Balaban J connectivity index is 1.54. The molecule has 1 amide bonds. The number of carbonyl (C=O) groups excluding carboxylic acids is 1. The van der Waals surface area contributed by atoms with E-state index in [4.69, 9.17) is 20.8 Å². The summed E-state index contributed by atoms with van der Waals surface area (Å²) in [5.41, 5.74) is 2.41. The minimum atomic E-state index is -0.154. The lowest BCUT2D eigenvalue weighted by molar-refractivity contribution is -0.113. The molecule has 0 aliphatic carbocycles. The predicted molar refractivity (Wildman–Crippen MR) is 125 cm³/mol. The van der Waals surface area contributed by atoms with Crippen LogP contribution in [0.3, 0.4) is 0 Å². The topological polar surface area (TPSA) is 82.2 Å². The summed E-state index contributed by atoms with van der Waals surface area (Å²) in [4.78, 5) is 12.6. The van der Waals surface area contributed by atoms with Gasteiger partial charge in [-0.15, -0.1) is 10.2 Å². The number of hydrogen-bond donors (Lipinski definition) is 1. The molecular formula is C23H21ClN4O3S. The standard InChI is InChI=1S/C23H21ClN4O3S/c1-15-19(24)6-3-7-20(15)25-21(29)14-32-23-27-26-22(16-8-10-17(30-2)11-9-16)28(23)13-18-5-4-12-31-18/h3-12H,13-14H2,1-2H3,(H,25,29). The maximum atomic E-state index is 12.6. The molecule has 4 aromatic rings. The summed E-state index contributed by atoms with van der Waals surface area (Å²) in [6, 6.07) is 16.7. The molecule has 0 saturated carbocycles. The lowest BCUT2D eigenvalue weighted by atomic mass is 10.2. The summed E-state index contributed by atoms with van der Waals surface area (Å²) in [6.45, 7) is 2.31. The zero-order valence-corrected chi connectivity index (χ0v) is 19.1. The van der Waals surface area contributed by atoms with Gasteiger partial charge in [0.2, 0.25) is 5.91 Å². The monoisotopic (exact) mass is 468 g/mol. The summed E-state index contributed by atoms with van der Waals surface area (Å²) in [5, 5.41) is 12.8. The van der Waals surface area contributed by atoms with Crippen molar-refractivity contribution >= 4 is 35.0 Å². The predicted octanol–water partition coefficient (Wildman–Crippen LogP) is 5.29. The number of nitrogens with zero attached hydrogens (tertiary/aromatic N) is 3. The van der Waals surface area contributed by atoms with Gasteiger partial charge in [-0.25, -0.2) is 0 Å². The van der Waals surface area contributed by atoms with Crippen molar-refractivity contribution in [2.45, 2.75) is 18.6 Å². The molecule has 0 fully saturated rings. The van der Waals surface area contributed by atoms with E-state index in [9.17, 15) is 4.79 Å². The van der Waals surface area contributed by atoms with E-state index in [1.807, 2.05) is 54.0 Å². The Morgan fingerprint density at radius 1 is 1.16 bits per heavy atom. The number of anilines is 1. The van der Waals surface area contributed by atoms with Gasteiger partial charge in [0.25, 0.3) is 0 Å². The molecule has 2 aromatic heterocycles. The van der Waals surface area contributed by atoms with E-state index in [2.05, 4.69) is 15.5 Å². The number of benzene rings is 2. The molecule has 164 valence electrons. The van der Waals surface area contributed by atoms with Crippen molar-refractivity contribution < 1.29 is 13.9 Å². The first-order valence-electron chi connectivity index (χ1n) is 9.83. The molecule has 1 N–H and O–H groups in total. The lowest BCUT2D eigenvalue weighted by Crippen LogP contribution is -2.15. The lowest BCUT2D eigenvalue weighted by Gasteiger charge is -2.11. The molecule has 2 aromatic carbocycles. The van der Waals surface area contributed by atoms with Gasteiger partial charge in [0.1, 0.15) is 11.5 Å². The SMILES string of the molecule is COc1ccc(-c2nnc(SCC(=O)Nc3cccc(Cl)c3C)n2Cc2ccco2)cc1. The van der Waals surface area contributed by atoms with Gasteiger partial charge in [0, 0.05) is 16.3 Å². The van der Waals surface area contributed by atoms with Gasteiger partial charge in [-0.2, -0.15) is 0 Å². The molecule has 0 aliphatic heterocycles. The molecule has 0 unspecified atom stereocenters. The van der Waals surface area contributed by atoms with Crippen LogP contribution in [-0.2, 0) is 11.3 Å². The highest BCUT2D eigenvalue weighted by molar-refractivity contribution is 7.99. The van der Waals surface area contributed by atoms with Crippen molar-refractivity contribution in [2.24, 2.45) is 0 Å². The summed E-state index contributed by atoms with van der Waals surface area (Å²) < 4.78 is 12.7. The van der Waals surface area contributed by atoms with E-state index in [1.54, 1.807) is 25.5 Å². The van der Waals surface area contributed by atoms with E-state index in [0.29, 0.717) is 28.2 Å². The van der Waals surface area contributed by atoms with Gasteiger partial charge in [0.05, 0.1) is 25.7 Å². The number of thioether (sulfide) groups is 1. The van der Waals surface area contributed by atoms with Crippen LogP contribution < -0.4 is 10.1 Å². The summed E-state index contributed by atoms with van der Waals surface area (Å²) in [6.07, 6.45) is 1.63. The zero-order valence-electron chi connectivity index (χ0n) is 17.5. The van der Waals surface area contributed by atoms with E-state index in [0.717, 1.165) is 22.6 Å². The van der Waals surface area contributed by atoms with E-state index < -0.39 is 0 Å². The molecular weight excluding hydrogens is 448 g/mol. The minimum absolute atomic E-state index is 0.154. The second kappa shape index (κ2) is 9.93. The molecule has 0 spiro atoms. The highest BCUT2D eigenvalue weighted by Crippen LogP contribution is 2.27. The highest BCUT2D eigenvalue weighted by atomic mass is 35.5. The maximum absolute atomic E-state index is 12.6. The number of nitrogens with one attached hydrogen (secondary N) is 1. The fraction of sp³-hybridized carbons (Fsp3) is 0.174. The van der Waals surface area contributed by atoms with Crippen molar-refractivity contribution in [3.63, 3.8) is 0 Å². The third-order valence-corrected chi connectivity index (χ3v) is 6.21. The highest BCUT2D eigenvalue weighted by Gasteiger charge is 2.17. The second-order valence-electron chi connectivity index (χ2n) is 6.95. The Bertz CT molecular complexity index is 1210. The van der Waals surface area contributed by atoms with Crippen molar-refractivity contribution in [3.05, 3.63) is 77.2 Å². The van der Waals surface area contributed by atoms with E-state index in [1.165, 1.54) is 11.8 Å². The Morgan fingerprint density at radius 3 is 2.69 bits per heavy atom.